The van der Waals surface area contributed by atoms with Gasteiger partial charge in [-0.15, -0.1) is 0 Å². The Hall–Kier alpha value is -0.0800. The first-order chi connectivity index (χ1) is 8.76. The Morgan fingerprint density at radius 1 is 1.11 bits per heavy atom. The van der Waals surface area contributed by atoms with Gasteiger partial charge in [-0.2, -0.15) is 0 Å². The van der Waals surface area contributed by atoms with Crippen molar-refractivity contribution in [3.63, 3.8) is 0 Å². The molecule has 1 heterocycles. The van der Waals surface area contributed by atoms with Crippen molar-refractivity contribution in [2.75, 3.05) is 26.2 Å². The van der Waals surface area contributed by atoms with Gasteiger partial charge in [0.05, 0.1) is 0 Å². The fourth-order valence-corrected chi connectivity index (χ4v) is 2.90. The predicted molar refractivity (Wildman–Crippen MR) is 81.1 cm³/mol. The van der Waals surface area contributed by atoms with Crippen molar-refractivity contribution in [3.05, 3.63) is 0 Å². The van der Waals surface area contributed by atoms with Crippen LogP contribution in [0.1, 0.15) is 65.7 Å². The van der Waals surface area contributed by atoms with E-state index in [9.17, 15) is 0 Å². The highest BCUT2D eigenvalue weighted by atomic mass is 15.1. The molecule has 18 heavy (non-hydrogen) atoms. The van der Waals surface area contributed by atoms with Crippen LogP contribution in [0.15, 0.2) is 0 Å². The van der Waals surface area contributed by atoms with E-state index in [2.05, 4.69) is 31.0 Å². The molecule has 1 fully saturated rings. The van der Waals surface area contributed by atoms with Crippen molar-refractivity contribution in [2.24, 2.45) is 5.92 Å². The molecule has 0 aromatic carbocycles. The largest absolute Gasteiger partial charge is 0.313 e. The van der Waals surface area contributed by atoms with Crippen LogP contribution in [0.4, 0.5) is 0 Å². The van der Waals surface area contributed by atoms with Crippen molar-refractivity contribution in [1.82, 2.24) is 10.2 Å². The van der Waals surface area contributed by atoms with Crippen LogP contribution in [0, 0.1) is 5.92 Å². The van der Waals surface area contributed by atoms with E-state index in [0.717, 1.165) is 5.92 Å². The average molecular weight is 254 g/mol. The lowest BCUT2D eigenvalue weighted by molar-refractivity contribution is 0.206. The van der Waals surface area contributed by atoms with Crippen molar-refractivity contribution >= 4 is 0 Å². The first-order valence-corrected chi connectivity index (χ1v) is 8.22. The molecule has 2 nitrogen and oxygen atoms in total. The summed E-state index contributed by atoms with van der Waals surface area (Å²) >= 11 is 0. The molecule has 2 heteroatoms. The van der Waals surface area contributed by atoms with Crippen LogP contribution in [0.5, 0.6) is 0 Å². The number of unbranched alkanes of at least 4 members (excludes halogenated alkanes) is 1. The number of piperidine rings is 1. The number of hydrogen-bond donors (Lipinski definition) is 1. The summed E-state index contributed by atoms with van der Waals surface area (Å²) in [4.78, 5) is 2.63. The normalized spacial score (nSPS) is 20.8. The van der Waals surface area contributed by atoms with Crippen molar-refractivity contribution in [3.8, 4) is 0 Å². The second kappa shape index (κ2) is 9.80. The summed E-state index contributed by atoms with van der Waals surface area (Å²) in [5.41, 5.74) is 0. The zero-order valence-corrected chi connectivity index (χ0v) is 12.9. The molecule has 0 aliphatic carbocycles. The predicted octanol–water partition coefficient (Wildman–Crippen LogP) is 3.67. The summed E-state index contributed by atoms with van der Waals surface area (Å²) in [6, 6.07) is 0.652. The lowest BCUT2D eigenvalue weighted by Crippen LogP contribution is -2.42. The minimum atomic E-state index is 0.652. The van der Waals surface area contributed by atoms with Crippen LogP contribution in [0.2, 0.25) is 0 Å². The molecular formula is C16H34N2. The van der Waals surface area contributed by atoms with E-state index in [1.54, 1.807) is 0 Å². The van der Waals surface area contributed by atoms with Gasteiger partial charge >= 0.3 is 0 Å². The minimum absolute atomic E-state index is 0.652. The van der Waals surface area contributed by atoms with Gasteiger partial charge in [0.1, 0.15) is 0 Å². The van der Waals surface area contributed by atoms with Gasteiger partial charge in [-0.25, -0.2) is 0 Å². The molecule has 0 spiro atoms. The maximum absolute atomic E-state index is 3.75. The van der Waals surface area contributed by atoms with E-state index < -0.39 is 0 Å². The number of rotatable bonds is 9. The quantitative estimate of drug-likeness (QED) is 0.675. The van der Waals surface area contributed by atoms with Gasteiger partial charge in [-0.3, -0.25) is 0 Å². The lowest BCUT2D eigenvalue weighted by Gasteiger charge is -2.30. The Bertz CT molecular complexity index is 188. The zero-order valence-electron chi connectivity index (χ0n) is 12.9. The summed E-state index contributed by atoms with van der Waals surface area (Å²) in [5, 5.41) is 3.75. The summed E-state index contributed by atoms with van der Waals surface area (Å²) in [7, 11) is 0. The van der Waals surface area contributed by atoms with Gasteiger partial charge in [0, 0.05) is 12.6 Å². The Balaban J connectivity index is 2.11. The summed E-state index contributed by atoms with van der Waals surface area (Å²) in [6.45, 7) is 12.1. The molecule has 0 radical (unpaired) electrons. The van der Waals surface area contributed by atoms with Gasteiger partial charge < -0.3 is 10.2 Å². The van der Waals surface area contributed by atoms with E-state index in [4.69, 9.17) is 0 Å². The number of nitrogens with one attached hydrogen (secondary N) is 1. The van der Waals surface area contributed by atoms with Gasteiger partial charge in [-0.1, -0.05) is 39.5 Å². The third-order valence-corrected chi connectivity index (χ3v) is 4.28. The fraction of sp³-hybridized carbons (Fsp3) is 1.00. The molecule has 0 amide bonds. The average Bonchev–Trinajstić information content (AvgIpc) is 2.40. The fourth-order valence-electron chi connectivity index (χ4n) is 2.90. The molecule has 1 saturated heterocycles. The third-order valence-electron chi connectivity index (χ3n) is 4.28. The SMILES string of the molecule is CCCCC(CC)CNC(C)CN1CCCCC1. The van der Waals surface area contributed by atoms with Gasteiger partial charge in [0.15, 0.2) is 0 Å². The van der Waals surface area contributed by atoms with Crippen LogP contribution < -0.4 is 5.32 Å². The highest BCUT2D eigenvalue weighted by Crippen LogP contribution is 2.12. The highest BCUT2D eigenvalue weighted by molar-refractivity contribution is 4.72. The first-order valence-electron chi connectivity index (χ1n) is 8.22. The minimum Gasteiger partial charge on any atom is -0.313 e. The second-order valence-corrected chi connectivity index (χ2v) is 6.09. The Labute approximate surface area is 115 Å². The maximum Gasteiger partial charge on any atom is 0.0166 e. The van der Waals surface area contributed by atoms with Crippen molar-refractivity contribution < 1.29 is 0 Å². The molecule has 0 aromatic heterocycles. The number of nitrogens with zero attached hydrogens (tertiary/aromatic N) is 1. The number of hydrogen-bond acceptors (Lipinski definition) is 2. The topological polar surface area (TPSA) is 15.3 Å². The molecule has 1 aliphatic rings. The highest BCUT2D eigenvalue weighted by Gasteiger charge is 2.14. The van der Waals surface area contributed by atoms with Crippen molar-refractivity contribution in [2.45, 2.75) is 71.8 Å². The van der Waals surface area contributed by atoms with Crippen LogP contribution in [0.25, 0.3) is 0 Å². The molecule has 1 rings (SSSR count). The van der Waals surface area contributed by atoms with E-state index in [1.165, 1.54) is 71.1 Å². The molecule has 1 N–H and O–H groups in total. The Morgan fingerprint density at radius 2 is 1.83 bits per heavy atom. The molecular weight excluding hydrogens is 220 g/mol. The van der Waals surface area contributed by atoms with E-state index in [0.29, 0.717) is 6.04 Å². The van der Waals surface area contributed by atoms with E-state index in [1.807, 2.05) is 0 Å². The smallest absolute Gasteiger partial charge is 0.0166 e. The molecule has 1 aliphatic heterocycles. The van der Waals surface area contributed by atoms with Gasteiger partial charge in [0.25, 0.3) is 0 Å². The standard InChI is InChI=1S/C16H34N2/c1-4-6-10-16(5-2)13-17-15(3)14-18-11-8-7-9-12-18/h15-17H,4-14H2,1-3H3. The van der Waals surface area contributed by atoms with E-state index >= 15 is 0 Å². The first kappa shape index (κ1) is 16.0. The Morgan fingerprint density at radius 3 is 2.44 bits per heavy atom. The zero-order chi connectivity index (χ0) is 13.2. The second-order valence-electron chi connectivity index (χ2n) is 6.09. The molecule has 0 bridgehead atoms. The van der Waals surface area contributed by atoms with Crippen LogP contribution >= 0.6 is 0 Å². The maximum atomic E-state index is 3.75. The molecule has 0 saturated carbocycles. The Kier molecular flexibility index (Phi) is 8.70. The number of likely N-dealkylation sites (tertiary alicyclic amines) is 1. The molecule has 2 unspecified atom stereocenters. The molecule has 108 valence electrons. The molecule has 0 aromatic rings. The molecule has 2 atom stereocenters. The van der Waals surface area contributed by atoms with Gasteiger partial charge in [-0.05, 0) is 51.7 Å². The summed E-state index contributed by atoms with van der Waals surface area (Å²) < 4.78 is 0. The van der Waals surface area contributed by atoms with Crippen molar-refractivity contribution in [1.29, 1.82) is 0 Å². The summed E-state index contributed by atoms with van der Waals surface area (Å²) in [5.74, 6) is 0.883. The van der Waals surface area contributed by atoms with Crippen LogP contribution in [-0.2, 0) is 0 Å². The van der Waals surface area contributed by atoms with E-state index in [-0.39, 0.29) is 0 Å². The summed E-state index contributed by atoms with van der Waals surface area (Å²) in [6.07, 6.45) is 9.69. The van der Waals surface area contributed by atoms with Gasteiger partial charge in [0.2, 0.25) is 0 Å². The monoisotopic (exact) mass is 254 g/mol. The lowest BCUT2D eigenvalue weighted by atomic mass is 9.99. The van der Waals surface area contributed by atoms with Crippen LogP contribution in [-0.4, -0.2) is 37.1 Å². The van der Waals surface area contributed by atoms with Crippen LogP contribution in [0.3, 0.4) is 0 Å². The third kappa shape index (κ3) is 6.75.